The molecule has 6 heavy (non-hydrogen) atoms. The van der Waals surface area contributed by atoms with Crippen molar-refractivity contribution in [2.75, 3.05) is 0 Å². The number of hydrogen-bond donors (Lipinski definition) is 2. The van der Waals surface area contributed by atoms with Gasteiger partial charge in [0.05, 0.1) is 0 Å². The van der Waals surface area contributed by atoms with E-state index in [4.69, 9.17) is 13.3 Å². The SMILES string of the molecule is O.O=S(O)O.[S]. The van der Waals surface area contributed by atoms with Crippen LogP contribution in [0.3, 0.4) is 0 Å². The molecule has 0 aromatic carbocycles. The van der Waals surface area contributed by atoms with Crippen LogP contribution in [-0.2, 0) is 11.4 Å². The molecule has 40 valence electrons. The van der Waals surface area contributed by atoms with Gasteiger partial charge >= 0.3 is 0 Å². The molecule has 4 nitrogen and oxygen atoms in total. The summed E-state index contributed by atoms with van der Waals surface area (Å²) in [5.74, 6) is 0. The van der Waals surface area contributed by atoms with Gasteiger partial charge in [-0.2, -0.15) is 4.21 Å². The summed E-state index contributed by atoms with van der Waals surface area (Å²) in [6, 6.07) is 0. The van der Waals surface area contributed by atoms with Crippen LogP contribution in [0.15, 0.2) is 0 Å². The highest BCUT2D eigenvalue weighted by Crippen LogP contribution is 1.44. The van der Waals surface area contributed by atoms with Gasteiger partial charge in [-0.3, -0.25) is 9.11 Å². The van der Waals surface area contributed by atoms with Gasteiger partial charge in [0.25, 0.3) is 11.4 Å². The first-order chi connectivity index (χ1) is 1.73. The molecule has 0 saturated heterocycles. The quantitative estimate of drug-likeness (QED) is 0.435. The van der Waals surface area contributed by atoms with Crippen molar-refractivity contribution in [1.29, 1.82) is 0 Å². The molecule has 6 heteroatoms. The molecule has 0 unspecified atom stereocenters. The molecule has 0 aliphatic carbocycles. The highest BCUT2D eigenvalue weighted by Gasteiger charge is 1.62. The van der Waals surface area contributed by atoms with E-state index in [1.807, 2.05) is 0 Å². The van der Waals surface area contributed by atoms with Gasteiger partial charge < -0.3 is 5.48 Å². The topological polar surface area (TPSA) is 89.0 Å². The molecule has 0 fully saturated rings. The molecule has 0 aliphatic heterocycles. The zero-order chi connectivity index (χ0) is 3.58. The third kappa shape index (κ3) is 347. The maximum absolute atomic E-state index is 8.67. The van der Waals surface area contributed by atoms with Crippen LogP contribution in [0.1, 0.15) is 0 Å². The fourth-order valence-electron chi connectivity index (χ4n) is 0. The molecule has 0 spiro atoms. The Morgan fingerprint density at radius 1 is 1.33 bits per heavy atom. The molecule has 2 radical (unpaired) electrons. The third-order valence-corrected chi connectivity index (χ3v) is 0. The Kier molecular flexibility index (Phi) is 24.3. The predicted octanol–water partition coefficient (Wildman–Crippen LogP) is -0.495. The van der Waals surface area contributed by atoms with Crippen molar-refractivity contribution in [3.8, 4) is 0 Å². The van der Waals surface area contributed by atoms with Crippen LogP contribution < -0.4 is 0 Å². The molecule has 0 atom stereocenters. The molecular formula is H4O4S2. The van der Waals surface area contributed by atoms with Crippen LogP contribution >= 0.6 is 13.5 Å². The van der Waals surface area contributed by atoms with Crippen LogP contribution in [0, 0.1) is 0 Å². The van der Waals surface area contributed by atoms with Crippen LogP contribution in [0.4, 0.5) is 0 Å². The summed E-state index contributed by atoms with van der Waals surface area (Å²) in [7, 11) is 0. The molecule has 0 aromatic rings. The van der Waals surface area contributed by atoms with Crippen molar-refractivity contribution in [2.24, 2.45) is 0 Å². The first-order valence-corrected chi connectivity index (χ1v) is 1.60. The first kappa shape index (κ1) is 16.2. The summed E-state index contributed by atoms with van der Waals surface area (Å²) < 4.78 is 22.8. The van der Waals surface area contributed by atoms with Crippen molar-refractivity contribution < 1.29 is 18.8 Å². The van der Waals surface area contributed by atoms with E-state index in [1.54, 1.807) is 0 Å². The fourth-order valence-corrected chi connectivity index (χ4v) is 0. The lowest BCUT2D eigenvalue weighted by atomic mass is 15.8. The van der Waals surface area contributed by atoms with E-state index in [0.29, 0.717) is 0 Å². The molecule has 0 rings (SSSR count). The molecule has 0 saturated carbocycles. The average molecular weight is 132 g/mol. The van der Waals surface area contributed by atoms with Crippen molar-refractivity contribution in [2.45, 2.75) is 0 Å². The minimum absolute atomic E-state index is 0. The van der Waals surface area contributed by atoms with Crippen LogP contribution in [0.5, 0.6) is 0 Å². The van der Waals surface area contributed by atoms with Gasteiger partial charge in [-0.25, -0.2) is 0 Å². The Labute approximate surface area is 44.4 Å². The monoisotopic (exact) mass is 132 g/mol. The van der Waals surface area contributed by atoms with E-state index in [0.717, 1.165) is 0 Å². The van der Waals surface area contributed by atoms with Gasteiger partial charge in [-0.1, -0.05) is 0 Å². The summed E-state index contributed by atoms with van der Waals surface area (Å²) in [4.78, 5) is 0. The Morgan fingerprint density at radius 3 is 1.33 bits per heavy atom. The highest BCUT2D eigenvalue weighted by molar-refractivity contribution is 7.73. The van der Waals surface area contributed by atoms with Gasteiger partial charge in [-0.15, -0.1) is 0 Å². The van der Waals surface area contributed by atoms with E-state index in [-0.39, 0.29) is 19.0 Å². The Hall–Kier alpha value is 0.380. The lowest BCUT2D eigenvalue weighted by Gasteiger charge is -1.59. The molecule has 0 aromatic heterocycles. The summed E-state index contributed by atoms with van der Waals surface area (Å²) in [6.07, 6.45) is 0. The summed E-state index contributed by atoms with van der Waals surface area (Å²) in [5, 5.41) is 0. The first-order valence-electron chi connectivity index (χ1n) is 0.532. The molecule has 0 amide bonds. The van der Waals surface area contributed by atoms with E-state index in [1.165, 1.54) is 0 Å². The zero-order valence-corrected chi connectivity index (χ0v) is 4.25. The number of rotatable bonds is 0. The Bertz CT molecular complexity index is 28.5. The van der Waals surface area contributed by atoms with E-state index >= 15 is 0 Å². The second-order valence-corrected chi connectivity index (χ2v) is 0.692. The van der Waals surface area contributed by atoms with Gasteiger partial charge in [0, 0.05) is 13.5 Å². The van der Waals surface area contributed by atoms with E-state index < -0.39 is 11.4 Å². The van der Waals surface area contributed by atoms with Gasteiger partial charge in [0.1, 0.15) is 0 Å². The average Bonchev–Trinajstić information content (AvgIpc) is 0.811. The van der Waals surface area contributed by atoms with Crippen molar-refractivity contribution in [3.05, 3.63) is 0 Å². The maximum atomic E-state index is 8.67. The smallest absolute Gasteiger partial charge is 0.299 e. The zero-order valence-electron chi connectivity index (χ0n) is 2.62. The largest absolute Gasteiger partial charge is 0.412 e. The van der Waals surface area contributed by atoms with E-state index in [2.05, 4.69) is 0 Å². The maximum Gasteiger partial charge on any atom is 0.299 e. The molecular weight excluding hydrogens is 128 g/mol. The number of hydrogen-bond acceptors (Lipinski definition) is 1. The standard InChI is InChI=1S/H2O3S.H2O.S/c1-4(2)3;;/h(H2,1,2,3);1H2;. The highest BCUT2D eigenvalue weighted by atomic mass is 32.2. The molecule has 0 bridgehead atoms. The second-order valence-electron chi connectivity index (χ2n) is 0.231. The van der Waals surface area contributed by atoms with Crippen molar-refractivity contribution in [1.82, 2.24) is 0 Å². The summed E-state index contributed by atoms with van der Waals surface area (Å²) in [5.41, 5.74) is 0. The van der Waals surface area contributed by atoms with Gasteiger partial charge in [-0.05, 0) is 0 Å². The molecule has 4 N–H and O–H groups in total. The third-order valence-electron chi connectivity index (χ3n) is 0. The van der Waals surface area contributed by atoms with Crippen LogP contribution in [0.25, 0.3) is 0 Å². The molecule has 0 aliphatic rings. The minimum atomic E-state index is -2.61. The summed E-state index contributed by atoms with van der Waals surface area (Å²) >= 11 is -2.61. The normalized spacial score (nSPS) is 5.83. The lowest BCUT2D eigenvalue weighted by Crippen LogP contribution is -1.74. The fraction of sp³-hybridized carbons (Fsp3) is 0. The minimum Gasteiger partial charge on any atom is -0.412 e. The van der Waals surface area contributed by atoms with Crippen LogP contribution in [-0.4, -0.2) is 18.8 Å². The van der Waals surface area contributed by atoms with Crippen molar-refractivity contribution in [3.63, 3.8) is 0 Å². The molecule has 0 heterocycles. The Morgan fingerprint density at radius 2 is 1.33 bits per heavy atom. The van der Waals surface area contributed by atoms with E-state index in [9.17, 15) is 0 Å². The van der Waals surface area contributed by atoms with Gasteiger partial charge in [0.2, 0.25) is 0 Å². The summed E-state index contributed by atoms with van der Waals surface area (Å²) in [6.45, 7) is 0. The second kappa shape index (κ2) is 9.03. The van der Waals surface area contributed by atoms with Crippen molar-refractivity contribution >= 4 is 24.9 Å². The lowest BCUT2D eigenvalue weighted by molar-refractivity contribution is 0.454. The Balaban J connectivity index is -0.0000000450. The predicted molar refractivity (Wildman–Crippen MR) is 24.6 cm³/mol. The van der Waals surface area contributed by atoms with Gasteiger partial charge in [0.15, 0.2) is 0 Å². The van der Waals surface area contributed by atoms with Crippen LogP contribution in [0.2, 0.25) is 0 Å².